The van der Waals surface area contributed by atoms with Crippen LogP contribution in [0.2, 0.25) is 5.02 Å². The topological polar surface area (TPSA) is 178 Å². The zero-order chi connectivity index (χ0) is 37.5. The van der Waals surface area contributed by atoms with Gasteiger partial charge in [0.1, 0.15) is 33.9 Å². The molecule has 5 N–H and O–H groups in total. The first-order valence-electron chi connectivity index (χ1n) is 17.7. The maximum absolute atomic E-state index is 13.1. The van der Waals surface area contributed by atoms with Crippen molar-refractivity contribution in [2.24, 2.45) is 0 Å². The van der Waals surface area contributed by atoms with E-state index in [0.717, 1.165) is 72.1 Å². The molecule has 0 saturated heterocycles. The number of aliphatic hydroxyl groups is 5. The number of amides is 1. The maximum atomic E-state index is 13.1. The first kappa shape index (κ1) is 40.4. The molecule has 0 unspecified atom stereocenters. The van der Waals surface area contributed by atoms with Crippen LogP contribution in [0.25, 0.3) is 11.1 Å². The number of aliphatic hydroxyl groups excluding tert-OH is 5. The summed E-state index contributed by atoms with van der Waals surface area (Å²) in [6.45, 7) is -0.717. The Morgan fingerprint density at radius 3 is 2.46 bits per heavy atom. The van der Waals surface area contributed by atoms with E-state index in [4.69, 9.17) is 21.4 Å². The quantitative estimate of drug-likeness (QED) is 0.0786. The monoisotopic (exact) mass is 776 g/mol. The third-order valence-corrected chi connectivity index (χ3v) is 12.2. The van der Waals surface area contributed by atoms with Crippen LogP contribution in [0.15, 0.2) is 65.8 Å². The SMILES string of the molecule is CS(=O)(=O)CCCN(CCCSc1ccc(Cl)c(CCC2(c3cnccc3-c3ccccc3OC3CC3)CC2)c1)C(=O)[C@@H](O)[C@@H](O)[C@H](O)[C@@H](O)CO. The van der Waals surface area contributed by atoms with Crippen LogP contribution in [0.3, 0.4) is 0 Å². The number of para-hydroxylation sites is 1. The summed E-state index contributed by atoms with van der Waals surface area (Å²) in [5.41, 5.74) is 4.52. The zero-order valence-electron chi connectivity index (χ0n) is 29.3. The summed E-state index contributed by atoms with van der Waals surface area (Å²) >= 11 is 8.28. The Hall–Kier alpha value is -2.75. The maximum Gasteiger partial charge on any atom is 0.254 e. The average molecular weight is 777 g/mol. The van der Waals surface area contributed by atoms with Gasteiger partial charge in [-0.2, -0.15) is 0 Å². The molecular weight excluding hydrogens is 728 g/mol. The molecule has 2 aromatic carbocycles. The lowest BCUT2D eigenvalue weighted by Gasteiger charge is -2.30. The third kappa shape index (κ3) is 10.9. The second kappa shape index (κ2) is 18.1. The first-order valence-corrected chi connectivity index (χ1v) is 21.2. The third-order valence-electron chi connectivity index (χ3n) is 9.73. The van der Waals surface area contributed by atoms with E-state index in [1.807, 2.05) is 42.7 Å². The number of carbonyl (C=O) groups is 1. The van der Waals surface area contributed by atoms with Crippen molar-refractivity contribution in [2.75, 3.05) is 37.5 Å². The minimum Gasteiger partial charge on any atom is -0.490 e. The van der Waals surface area contributed by atoms with E-state index in [0.29, 0.717) is 23.3 Å². The van der Waals surface area contributed by atoms with E-state index >= 15 is 0 Å². The summed E-state index contributed by atoms with van der Waals surface area (Å²) in [6.07, 6.45) is 3.98. The second-order valence-electron chi connectivity index (χ2n) is 14.0. The largest absolute Gasteiger partial charge is 0.490 e. The van der Waals surface area contributed by atoms with Crippen LogP contribution in [-0.2, 0) is 26.5 Å². The van der Waals surface area contributed by atoms with E-state index in [9.17, 15) is 33.6 Å². The summed E-state index contributed by atoms with van der Waals surface area (Å²) in [6, 6.07) is 16.2. The molecule has 4 atom stereocenters. The number of hydrogen-bond donors (Lipinski definition) is 5. The standard InChI is InChI=1S/C38H49ClN2O9S2/c1-52(48,49)21-5-19-41(37(47)36(46)35(45)34(44)32(43)24-42)18-4-20-51-27-10-11-31(39)25(22-27)12-14-38(15-16-38)30-23-40-17-13-28(30)29-6-2-3-7-33(29)50-26-8-9-26/h2-3,6-7,10-11,13,17,22-23,26,32,34-36,42-46H,4-5,8-9,12,14-16,18-21,24H2,1H3/t32-,34+,35-,36-/m0/s1. The van der Waals surface area contributed by atoms with Crippen LogP contribution in [-0.4, -0.2) is 118 Å². The van der Waals surface area contributed by atoms with Crippen LogP contribution in [0.5, 0.6) is 5.75 Å². The molecule has 2 aliphatic rings. The van der Waals surface area contributed by atoms with Crippen LogP contribution < -0.4 is 4.74 Å². The molecule has 2 aliphatic carbocycles. The van der Waals surface area contributed by atoms with E-state index in [1.54, 1.807) is 11.8 Å². The van der Waals surface area contributed by atoms with Gasteiger partial charge in [-0.1, -0.05) is 29.8 Å². The van der Waals surface area contributed by atoms with Gasteiger partial charge in [-0.15, -0.1) is 11.8 Å². The molecule has 14 heteroatoms. The number of carbonyl (C=O) groups excluding carboxylic acids is 1. The van der Waals surface area contributed by atoms with Gasteiger partial charge < -0.3 is 35.2 Å². The number of hydrogen-bond acceptors (Lipinski definition) is 11. The first-order chi connectivity index (χ1) is 24.8. The van der Waals surface area contributed by atoms with Gasteiger partial charge in [-0.05, 0) is 110 Å². The van der Waals surface area contributed by atoms with Gasteiger partial charge in [0.25, 0.3) is 5.91 Å². The second-order valence-corrected chi connectivity index (χ2v) is 17.8. The van der Waals surface area contributed by atoms with Gasteiger partial charge in [-0.3, -0.25) is 9.78 Å². The van der Waals surface area contributed by atoms with E-state index in [2.05, 4.69) is 23.2 Å². The van der Waals surface area contributed by atoms with Crippen molar-refractivity contribution in [1.82, 2.24) is 9.88 Å². The molecule has 2 fully saturated rings. The highest BCUT2D eigenvalue weighted by Gasteiger charge is 2.45. The van der Waals surface area contributed by atoms with Gasteiger partial charge >= 0.3 is 0 Å². The van der Waals surface area contributed by atoms with E-state index in [-0.39, 0.29) is 30.7 Å². The number of rotatable bonds is 21. The van der Waals surface area contributed by atoms with Gasteiger partial charge in [0.05, 0.1) is 18.5 Å². The Balaban J connectivity index is 1.20. The number of aromatic nitrogens is 1. The molecule has 0 radical (unpaired) electrons. The number of thioether (sulfide) groups is 1. The van der Waals surface area contributed by atoms with Crippen molar-refractivity contribution < 1.29 is 43.5 Å². The van der Waals surface area contributed by atoms with E-state index < -0.39 is 46.8 Å². The fourth-order valence-corrected chi connectivity index (χ4v) is 8.14. The van der Waals surface area contributed by atoms with Crippen LogP contribution in [0.4, 0.5) is 0 Å². The van der Waals surface area contributed by atoms with Crippen molar-refractivity contribution in [3.63, 3.8) is 0 Å². The Bertz CT molecular complexity index is 1770. The number of halogens is 1. The summed E-state index contributed by atoms with van der Waals surface area (Å²) in [4.78, 5) is 19.9. The van der Waals surface area contributed by atoms with Crippen LogP contribution in [0.1, 0.15) is 56.1 Å². The number of sulfone groups is 1. The summed E-state index contributed by atoms with van der Waals surface area (Å²) < 4.78 is 29.6. The van der Waals surface area contributed by atoms with Crippen molar-refractivity contribution in [3.05, 3.63) is 77.1 Å². The molecular formula is C38H49ClN2O9S2. The molecule has 284 valence electrons. The minimum absolute atomic E-state index is 0.000234. The molecule has 1 aromatic heterocycles. The lowest BCUT2D eigenvalue weighted by atomic mass is 9.85. The van der Waals surface area contributed by atoms with E-state index in [1.165, 1.54) is 10.5 Å². The number of pyridine rings is 1. The van der Waals surface area contributed by atoms with Gasteiger partial charge in [0, 0.05) is 47.2 Å². The lowest BCUT2D eigenvalue weighted by Crippen LogP contribution is -2.53. The Labute approximate surface area is 314 Å². The van der Waals surface area contributed by atoms with Crippen molar-refractivity contribution in [1.29, 1.82) is 0 Å². The molecule has 52 heavy (non-hydrogen) atoms. The average Bonchev–Trinajstić information content (AvgIpc) is 4.08. The summed E-state index contributed by atoms with van der Waals surface area (Å²) in [5, 5.41) is 50.2. The summed E-state index contributed by atoms with van der Waals surface area (Å²) in [7, 11) is -3.30. The fourth-order valence-electron chi connectivity index (χ4n) is 6.37. The number of benzene rings is 2. The van der Waals surface area contributed by atoms with Crippen molar-refractivity contribution in [2.45, 2.75) is 92.2 Å². The number of nitrogens with zero attached hydrogens (tertiary/aromatic N) is 2. The number of ether oxygens (including phenoxy) is 1. The molecule has 0 bridgehead atoms. The van der Waals surface area contributed by atoms with Gasteiger partial charge in [0.15, 0.2) is 6.10 Å². The molecule has 5 rings (SSSR count). The predicted molar refractivity (Wildman–Crippen MR) is 201 cm³/mol. The highest BCUT2D eigenvalue weighted by molar-refractivity contribution is 7.99. The van der Waals surface area contributed by atoms with Crippen molar-refractivity contribution in [3.8, 4) is 16.9 Å². The molecule has 11 nitrogen and oxygen atoms in total. The molecule has 0 spiro atoms. The number of aryl methyl sites for hydroxylation is 1. The lowest BCUT2D eigenvalue weighted by molar-refractivity contribution is -0.158. The molecule has 1 amide bonds. The molecule has 2 saturated carbocycles. The Morgan fingerprint density at radius 1 is 1.04 bits per heavy atom. The Morgan fingerprint density at radius 2 is 1.77 bits per heavy atom. The molecule has 0 aliphatic heterocycles. The van der Waals surface area contributed by atoms with Gasteiger partial charge in [-0.25, -0.2) is 8.42 Å². The predicted octanol–water partition coefficient (Wildman–Crippen LogP) is 3.79. The highest BCUT2D eigenvalue weighted by atomic mass is 35.5. The van der Waals surface area contributed by atoms with Crippen LogP contribution in [0, 0.1) is 0 Å². The highest BCUT2D eigenvalue weighted by Crippen LogP contribution is 2.55. The fraction of sp³-hybridized carbons (Fsp3) is 0.526. The smallest absolute Gasteiger partial charge is 0.254 e. The minimum atomic E-state index is -3.30. The Kier molecular flexibility index (Phi) is 14.0. The van der Waals surface area contributed by atoms with Crippen molar-refractivity contribution >= 4 is 39.1 Å². The molecule has 3 aromatic rings. The van der Waals surface area contributed by atoms with Gasteiger partial charge in [0.2, 0.25) is 0 Å². The zero-order valence-corrected chi connectivity index (χ0v) is 31.7. The normalized spacial score (nSPS) is 17.6. The summed E-state index contributed by atoms with van der Waals surface area (Å²) in [5.74, 6) is 0.420. The molecule has 1 heterocycles. The van der Waals surface area contributed by atoms with Crippen LogP contribution >= 0.6 is 23.4 Å².